The second-order valence-corrected chi connectivity index (χ2v) is 6.95. The number of hydrogen-bond acceptors (Lipinski definition) is 4. The van der Waals surface area contributed by atoms with E-state index in [1.165, 1.54) is 18.3 Å². The van der Waals surface area contributed by atoms with E-state index in [-0.39, 0.29) is 5.78 Å². The molecule has 22 heavy (non-hydrogen) atoms. The molecule has 1 aromatic heterocycles. The molecule has 0 atom stereocenters. The molecule has 0 fully saturated rings. The third-order valence-corrected chi connectivity index (χ3v) is 3.88. The topological polar surface area (TPSA) is 55.4 Å². The van der Waals surface area contributed by atoms with Gasteiger partial charge in [0.2, 0.25) is 0 Å². The smallest absolute Gasteiger partial charge is 0.412 e. The predicted octanol–water partition coefficient (Wildman–Crippen LogP) is 4.96. The van der Waals surface area contributed by atoms with Crippen molar-refractivity contribution < 1.29 is 14.3 Å². The highest BCUT2D eigenvalue weighted by molar-refractivity contribution is 7.20. The van der Waals surface area contributed by atoms with E-state index in [2.05, 4.69) is 5.32 Å². The Hall–Kier alpha value is -2.14. The van der Waals surface area contributed by atoms with Crippen molar-refractivity contribution in [1.82, 2.24) is 0 Å². The van der Waals surface area contributed by atoms with Crippen molar-refractivity contribution in [2.24, 2.45) is 0 Å². The predicted molar refractivity (Wildman–Crippen MR) is 89.6 cm³/mol. The minimum atomic E-state index is -0.583. The lowest BCUT2D eigenvalue weighted by atomic mass is 10.1. The van der Waals surface area contributed by atoms with Crippen LogP contribution in [0, 0.1) is 0 Å². The fraction of sp³-hybridized carbons (Fsp3) is 0.294. The molecule has 0 bridgehead atoms. The molecule has 2 aromatic rings. The SMILES string of the molecule is CC(=O)c1cc(-c2ccccc2)sc1NC(=O)OC(C)(C)C. The average Bonchev–Trinajstić information content (AvgIpc) is 2.81. The molecule has 0 aliphatic heterocycles. The molecule has 0 unspecified atom stereocenters. The summed E-state index contributed by atoms with van der Waals surface area (Å²) in [6.07, 6.45) is -0.559. The van der Waals surface area contributed by atoms with Gasteiger partial charge in [0, 0.05) is 4.88 Å². The highest BCUT2D eigenvalue weighted by Gasteiger charge is 2.20. The maximum absolute atomic E-state index is 11.9. The van der Waals surface area contributed by atoms with Crippen LogP contribution in [0.4, 0.5) is 9.80 Å². The van der Waals surface area contributed by atoms with Crippen LogP contribution in [0.3, 0.4) is 0 Å². The summed E-state index contributed by atoms with van der Waals surface area (Å²) in [7, 11) is 0. The van der Waals surface area contributed by atoms with Crippen LogP contribution in [0.2, 0.25) is 0 Å². The Bertz CT molecular complexity index is 684. The van der Waals surface area contributed by atoms with Crippen molar-refractivity contribution in [3.05, 3.63) is 42.0 Å². The molecular weight excluding hydrogens is 298 g/mol. The first-order chi connectivity index (χ1) is 10.3. The summed E-state index contributed by atoms with van der Waals surface area (Å²) in [5.41, 5.74) is 0.918. The highest BCUT2D eigenvalue weighted by atomic mass is 32.1. The Morgan fingerprint density at radius 1 is 1.14 bits per heavy atom. The zero-order chi connectivity index (χ0) is 16.3. The molecule has 0 aliphatic carbocycles. The first-order valence-electron chi connectivity index (χ1n) is 6.96. The third kappa shape index (κ3) is 4.18. The number of nitrogens with one attached hydrogen (secondary N) is 1. The first-order valence-corrected chi connectivity index (χ1v) is 7.78. The fourth-order valence-corrected chi connectivity index (χ4v) is 2.98. The van der Waals surface area contributed by atoms with Crippen molar-refractivity contribution in [3.8, 4) is 10.4 Å². The Morgan fingerprint density at radius 2 is 1.77 bits per heavy atom. The van der Waals surface area contributed by atoms with E-state index < -0.39 is 11.7 Å². The number of amides is 1. The van der Waals surface area contributed by atoms with Crippen molar-refractivity contribution in [2.75, 3.05) is 5.32 Å². The molecule has 4 nitrogen and oxygen atoms in total. The van der Waals surface area contributed by atoms with Crippen molar-refractivity contribution >= 4 is 28.2 Å². The minimum absolute atomic E-state index is 0.0931. The number of Topliss-reactive ketones (excluding diaryl/α,β-unsaturated/α-hetero) is 1. The van der Waals surface area contributed by atoms with Gasteiger partial charge in [-0.2, -0.15) is 0 Å². The largest absolute Gasteiger partial charge is 0.444 e. The Morgan fingerprint density at radius 3 is 2.32 bits per heavy atom. The molecule has 0 aliphatic rings. The number of carbonyl (C=O) groups excluding carboxylic acids is 2. The van der Waals surface area contributed by atoms with Gasteiger partial charge in [0.1, 0.15) is 10.6 Å². The van der Waals surface area contributed by atoms with Crippen LogP contribution in [0.5, 0.6) is 0 Å². The second kappa shape index (κ2) is 6.32. The molecule has 1 aromatic carbocycles. The summed E-state index contributed by atoms with van der Waals surface area (Å²) in [6, 6.07) is 11.5. The molecule has 5 heteroatoms. The maximum Gasteiger partial charge on any atom is 0.412 e. The number of rotatable bonds is 3. The molecule has 116 valence electrons. The van der Waals surface area contributed by atoms with Gasteiger partial charge >= 0.3 is 6.09 Å². The van der Waals surface area contributed by atoms with E-state index in [1.807, 2.05) is 30.3 Å². The van der Waals surface area contributed by atoms with Crippen molar-refractivity contribution in [1.29, 1.82) is 0 Å². The zero-order valence-corrected chi connectivity index (χ0v) is 13.9. The molecular formula is C17H19NO3S. The number of hydrogen-bond donors (Lipinski definition) is 1. The summed E-state index contributed by atoms with van der Waals surface area (Å²) in [5.74, 6) is -0.0931. The van der Waals surface area contributed by atoms with E-state index in [9.17, 15) is 9.59 Å². The van der Waals surface area contributed by atoms with Gasteiger partial charge in [0.15, 0.2) is 5.78 Å². The average molecular weight is 317 g/mol. The van der Waals surface area contributed by atoms with Gasteiger partial charge in [-0.05, 0) is 39.3 Å². The number of thiophene rings is 1. The molecule has 0 radical (unpaired) electrons. The fourth-order valence-electron chi connectivity index (χ4n) is 1.89. The zero-order valence-electron chi connectivity index (χ0n) is 13.1. The van der Waals surface area contributed by atoms with Gasteiger partial charge in [-0.1, -0.05) is 30.3 Å². The number of ketones is 1. The van der Waals surface area contributed by atoms with Gasteiger partial charge in [0.05, 0.1) is 5.56 Å². The molecule has 2 rings (SSSR count). The molecule has 0 saturated carbocycles. The summed E-state index contributed by atoms with van der Waals surface area (Å²) in [4.78, 5) is 24.6. The second-order valence-electron chi connectivity index (χ2n) is 5.90. The Labute approximate surface area is 134 Å². The van der Waals surface area contributed by atoms with E-state index >= 15 is 0 Å². The van der Waals surface area contributed by atoms with E-state index in [0.29, 0.717) is 10.6 Å². The Balaban J connectivity index is 2.29. The summed E-state index contributed by atoms with van der Waals surface area (Å²) in [5, 5.41) is 3.19. The number of benzene rings is 1. The van der Waals surface area contributed by atoms with Crippen LogP contribution >= 0.6 is 11.3 Å². The van der Waals surface area contributed by atoms with Gasteiger partial charge in [-0.15, -0.1) is 11.3 Å². The number of carbonyl (C=O) groups is 2. The molecule has 1 heterocycles. The van der Waals surface area contributed by atoms with Gasteiger partial charge < -0.3 is 4.74 Å². The lowest BCUT2D eigenvalue weighted by Crippen LogP contribution is -2.27. The molecule has 1 amide bonds. The number of anilines is 1. The lowest BCUT2D eigenvalue weighted by Gasteiger charge is -2.19. The highest BCUT2D eigenvalue weighted by Crippen LogP contribution is 2.35. The van der Waals surface area contributed by atoms with E-state index in [0.717, 1.165) is 10.4 Å². The standard InChI is InChI=1S/C17H19NO3S/c1-11(19)13-10-14(12-8-6-5-7-9-12)22-15(13)18-16(20)21-17(2,3)4/h5-10H,1-4H3,(H,18,20). The minimum Gasteiger partial charge on any atom is -0.444 e. The first kappa shape index (κ1) is 16.2. The third-order valence-electron chi connectivity index (χ3n) is 2.78. The van der Waals surface area contributed by atoms with Crippen molar-refractivity contribution in [2.45, 2.75) is 33.3 Å². The van der Waals surface area contributed by atoms with Gasteiger partial charge in [0.25, 0.3) is 0 Å². The summed E-state index contributed by atoms with van der Waals surface area (Å²) >= 11 is 1.36. The monoisotopic (exact) mass is 317 g/mol. The van der Waals surface area contributed by atoms with E-state index in [4.69, 9.17) is 4.74 Å². The number of ether oxygens (including phenoxy) is 1. The van der Waals surface area contributed by atoms with Crippen LogP contribution in [0.1, 0.15) is 38.1 Å². The summed E-state index contributed by atoms with van der Waals surface area (Å²) in [6.45, 7) is 6.87. The maximum atomic E-state index is 11.9. The quantitative estimate of drug-likeness (QED) is 0.814. The molecule has 0 spiro atoms. The van der Waals surface area contributed by atoms with Gasteiger partial charge in [-0.25, -0.2) is 4.79 Å². The summed E-state index contributed by atoms with van der Waals surface area (Å²) < 4.78 is 5.24. The van der Waals surface area contributed by atoms with Crippen LogP contribution in [0.15, 0.2) is 36.4 Å². The van der Waals surface area contributed by atoms with Crippen molar-refractivity contribution in [3.63, 3.8) is 0 Å². The van der Waals surface area contributed by atoms with Gasteiger partial charge in [-0.3, -0.25) is 10.1 Å². The van der Waals surface area contributed by atoms with Crippen LogP contribution < -0.4 is 5.32 Å². The molecule has 1 N–H and O–H groups in total. The lowest BCUT2D eigenvalue weighted by molar-refractivity contribution is 0.0636. The molecule has 0 saturated heterocycles. The van der Waals surface area contributed by atoms with Crippen LogP contribution in [0.25, 0.3) is 10.4 Å². The normalized spacial score (nSPS) is 11.1. The van der Waals surface area contributed by atoms with E-state index in [1.54, 1.807) is 26.8 Å². The van der Waals surface area contributed by atoms with Crippen LogP contribution in [-0.2, 0) is 4.74 Å². The Kier molecular flexibility index (Phi) is 4.66. The van der Waals surface area contributed by atoms with Crippen LogP contribution in [-0.4, -0.2) is 17.5 Å².